The van der Waals surface area contributed by atoms with E-state index in [1.165, 1.54) is 0 Å². The molecule has 0 fully saturated rings. The number of benzene rings is 1. The Morgan fingerprint density at radius 1 is 1.04 bits per heavy atom. The summed E-state index contributed by atoms with van der Waals surface area (Å²) >= 11 is 0. The van der Waals surface area contributed by atoms with Crippen molar-refractivity contribution in [3.63, 3.8) is 0 Å². The topological polar surface area (TPSA) is 87.2 Å². The molecular weight excluding hydrogens is 332 g/mol. The second-order valence-corrected chi connectivity index (χ2v) is 7.54. The fourth-order valence-corrected chi connectivity index (χ4v) is 4.26. The monoisotopic (exact) mass is 354 g/mol. The summed E-state index contributed by atoms with van der Waals surface area (Å²) in [6.45, 7) is 7.69. The summed E-state index contributed by atoms with van der Waals surface area (Å²) in [4.78, 5) is 40.8. The molecule has 0 aliphatic carbocycles. The number of H-pyrrole nitrogens is 1. The second kappa shape index (κ2) is 5.33. The molecule has 2 aromatic rings. The van der Waals surface area contributed by atoms with Gasteiger partial charge in [0.05, 0.1) is 12.0 Å². The minimum Gasteiger partial charge on any atom is -0.311 e. The SMILES string of the molecule is CC(C)N1C(=O)[C@]2(CC(=O)Nc3c2c(=O)[nH]n3C(C)C)c2ccccc21. The molecule has 1 spiro atoms. The number of rotatable bonds is 2. The molecule has 2 aliphatic rings. The van der Waals surface area contributed by atoms with Crippen LogP contribution < -0.4 is 15.8 Å². The standard InChI is InChI=1S/C19H22N4O3/c1-10(2)22-13-8-6-5-7-12(13)19(18(22)26)9-14(24)20-16-15(19)17(25)21-23(16)11(3)4/h5-8,10-11H,9H2,1-4H3,(H,20,24)(H,21,25)/t19-/m1/s1. The normalized spacial score (nSPS) is 21.5. The lowest BCUT2D eigenvalue weighted by Gasteiger charge is -2.33. The summed E-state index contributed by atoms with van der Waals surface area (Å²) in [5, 5.41) is 5.60. The first-order chi connectivity index (χ1) is 12.3. The van der Waals surface area contributed by atoms with Crippen LogP contribution in [0.15, 0.2) is 29.1 Å². The van der Waals surface area contributed by atoms with E-state index in [1.54, 1.807) is 9.58 Å². The van der Waals surface area contributed by atoms with Gasteiger partial charge in [-0.15, -0.1) is 0 Å². The second-order valence-electron chi connectivity index (χ2n) is 7.54. The molecule has 0 radical (unpaired) electrons. The molecular formula is C19H22N4O3. The van der Waals surface area contributed by atoms with Crippen LogP contribution >= 0.6 is 0 Å². The number of hydrogen-bond acceptors (Lipinski definition) is 3. The molecule has 136 valence electrons. The molecule has 2 amide bonds. The highest BCUT2D eigenvalue weighted by Crippen LogP contribution is 2.51. The van der Waals surface area contributed by atoms with Gasteiger partial charge in [-0.1, -0.05) is 18.2 Å². The number of fused-ring (bicyclic) bond motifs is 4. The molecule has 4 rings (SSSR count). The van der Waals surface area contributed by atoms with Gasteiger partial charge in [-0.05, 0) is 39.3 Å². The van der Waals surface area contributed by atoms with Crippen molar-refractivity contribution in [2.75, 3.05) is 10.2 Å². The third-order valence-electron chi connectivity index (χ3n) is 5.28. The van der Waals surface area contributed by atoms with Crippen LogP contribution in [-0.2, 0) is 15.0 Å². The Morgan fingerprint density at radius 3 is 2.38 bits per heavy atom. The maximum Gasteiger partial charge on any atom is 0.270 e. The van der Waals surface area contributed by atoms with Gasteiger partial charge in [0.15, 0.2) is 0 Å². The number of nitrogens with one attached hydrogen (secondary N) is 2. The third kappa shape index (κ3) is 1.91. The Labute approximate surface area is 151 Å². The number of carbonyl (C=O) groups is 2. The lowest BCUT2D eigenvalue weighted by atomic mass is 9.71. The van der Waals surface area contributed by atoms with Crippen molar-refractivity contribution in [3.05, 3.63) is 45.7 Å². The number of nitrogens with zero attached hydrogens (tertiary/aromatic N) is 2. The Balaban J connectivity index is 2.09. The smallest absolute Gasteiger partial charge is 0.270 e. The van der Waals surface area contributed by atoms with Crippen LogP contribution in [0, 0.1) is 0 Å². The first-order valence-corrected chi connectivity index (χ1v) is 8.87. The highest BCUT2D eigenvalue weighted by molar-refractivity contribution is 6.15. The zero-order valence-electron chi connectivity index (χ0n) is 15.3. The van der Waals surface area contributed by atoms with E-state index in [0.29, 0.717) is 11.4 Å². The van der Waals surface area contributed by atoms with E-state index in [2.05, 4.69) is 10.4 Å². The van der Waals surface area contributed by atoms with Gasteiger partial charge in [0, 0.05) is 17.8 Å². The van der Waals surface area contributed by atoms with Crippen LogP contribution in [0.2, 0.25) is 0 Å². The summed E-state index contributed by atoms with van der Waals surface area (Å²) in [7, 11) is 0. The third-order valence-corrected chi connectivity index (χ3v) is 5.28. The number of para-hydroxylation sites is 1. The number of anilines is 2. The van der Waals surface area contributed by atoms with Gasteiger partial charge >= 0.3 is 0 Å². The van der Waals surface area contributed by atoms with Crippen molar-refractivity contribution in [1.29, 1.82) is 0 Å². The van der Waals surface area contributed by atoms with Crippen LogP contribution in [0.3, 0.4) is 0 Å². The fraction of sp³-hybridized carbons (Fsp3) is 0.421. The summed E-state index contributed by atoms with van der Waals surface area (Å²) < 4.78 is 1.63. The molecule has 1 aromatic carbocycles. The van der Waals surface area contributed by atoms with Crippen molar-refractivity contribution in [2.24, 2.45) is 0 Å². The lowest BCUT2D eigenvalue weighted by molar-refractivity contribution is -0.127. The van der Waals surface area contributed by atoms with Crippen molar-refractivity contribution in [3.8, 4) is 0 Å². The Kier molecular flexibility index (Phi) is 3.41. The zero-order chi connectivity index (χ0) is 18.8. The highest BCUT2D eigenvalue weighted by atomic mass is 16.2. The van der Waals surface area contributed by atoms with Crippen molar-refractivity contribution >= 4 is 23.3 Å². The quantitative estimate of drug-likeness (QED) is 0.866. The molecule has 0 unspecified atom stereocenters. The summed E-state index contributed by atoms with van der Waals surface area (Å²) in [5.74, 6) is -0.0773. The van der Waals surface area contributed by atoms with E-state index in [0.717, 1.165) is 11.3 Å². The molecule has 3 heterocycles. The average molecular weight is 354 g/mol. The van der Waals surface area contributed by atoms with E-state index in [-0.39, 0.29) is 35.9 Å². The van der Waals surface area contributed by atoms with Gasteiger partial charge in [0.1, 0.15) is 11.2 Å². The van der Waals surface area contributed by atoms with E-state index in [1.807, 2.05) is 52.0 Å². The lowest BCUT2D eigenvalue weighted by Crippen LogP contribution is -2.50. The van der Waals surface area contributed by atoms with E-state index < -0.39 is 5.41 Å². The summed E-state index contributed by atoms with van der Waals surface area (Å²) in [5.41, 5.74) is 0.229. The average Bonchev–Trinajstić information content (AvgIpc) is 3.02. The van der Waals surface area contributed by atoms with Crippen molar-refractivity contribution in [1.82, 2.24) is 9.78 Å². The van der Waals surface area contributed by atoms with Crippen LogP contribution in [0.4, 0.5) is 11.5 Å². The predicted octanol–water partition coefficient (Wildman–Crippen LogP) is 2.14. The van der Waals surface area contributed by atoms with Gasteiger partial charge in [0.2, 0.25) is 11.8 Å². The number of carbonyl (C=O) groups excluding carboxylic acids is 2. The number of aromatic nitrogens is 2. The molecule has 7 heteroatoms. The largest absolute Gasteiger partial charge is 0.311 e. The summed E-state index contributed by atoms with van der Waals surface area (Å²) in [6, 6.07) is 7.30. The molecule has 1 aromatic heterocycles. The predicted molar refractivity (Wildman–Crippen MR) is 98.5 cm³/mol. The highest BCUT2D eigenvalue weighted by Gasteiger charge is 2.58. The van der Waals surface area contributed by atoms with Gasteiger partial charge in [-0.25, -0.2) is 0 Å². The van der Waals surface area contributed by atoms with Crippen LogP contribution in [0.5, 0.6) is 0 Å². The maximum atomic E-state index is 13.6. The number of aromatic amines is 1. The van der Waals surface area contributed by atoms with Crippen LogP contribution in [0.25, 0.3) is 0 Å². The minimum absolute atomic E-state index is 0.0603. The Morgan fingerprint density at radius 2 is 1.73 bits per heavy atom. The van der Waals surface area contributed by atoms with Crippen molar-refractivity contribution in [2.45, 2.75) is 51.6 Å². The fourth-order valence-electron chi connectivity index (χ4n) is 4.26. The van der Waals surface area contributed by atoms with Gasteiger partial charge in [-0.3, -0.25) is 24.2 Å². The van der Waals surface area contributed by atoms with Gasteiger partial charge < -0.3 is 10.2 Å². The minimum atomic E-state index is -1.27. The molecule has 2 N–H and O–H groups in total. The first-order valence-electron chi connectivity index (χ1n) is 8.87. The first kappa shape index (κ1) is 16.6. The van der Waals surface area contributed by atoms with Crippen LogP contribution in [-0.4, -0.2) is 27.6 Å². The van der Waals surface area contributed by atoms with E-state index >= 15 is 0 Å². The summed E-state index contributed by atoms with van der Waals surface area (Å²) in [6.07, 6.45) is -0.0652. The molecule has 7 nitrogen and oxygen atoms in total. The molecule has 0 saturated carbocycles. The van der Waals surface area contributed by atoms with E-state index in [9.17, 15) is 14.4 Å². The van der Waals surface area contributed by atoms with E-state index in [4.69, 9.17) is 0 Å². The van der Waals surface area contributed by atoms with Crippen molar-refractivity contribution < 1.29 is 9.59 Å². The Bertz CT molecular complexity index is 985. The maximum absolute atomic E-state index is 13.6. The molecule has 0 saturated heterocycles. The van der Waals surface area contributed by atoms with Gasteiger partial charge in [0.25, 0.3) is 5.56 Å². The van der Waals surface area contributed by atoms with Gasteiger partial charge in [-0.2, -0.15) is 0 Å². The zero-order valence-corrected chi connectivity index (χ0v) is 15.3. The molecule has 1 atom stereocenters. The number of hydrogen-bond donors (Lipinski definition) is 2. The van der Waals surface area contributed by atoms with Crippen LogP contribution in [0.1, 0.15) is 51.3 Å². The number of amides is 2. The molecule has 0 bridgehead atoms. The molecule has 26 heavy (non-hydrogen) atoms. The molecule has 2 aliphatic heterocycles. The Hall–Kier alpha value is -2.83.